The highest BCUT2D eigenvalue weighted by molar-refractivity contribution is 6.30. The summed E-state index contributed by atoms with van der Waals surface area (Å²) in [6, 6.07) is 11.6. The first-order valence-corrected chi connectivity index (χ1v) is 10.5. The molecule has 0 aliphatic carbocycles. The first kappa shape index (κ1) is 20.6. The van der Waals surface area contributed by atoms with Crippen LogP contribution in [0.25, 0.3) is 11.0 Å². The van der Waals surface area contributed by atoms with Gasteiger partial charge in [-0.15, -0.1) is 0 Å². The zero-order valence-corrected chi connectivity index (χ0v) is 17.5. The van der Waals surface area contributed by atoms with Crippen molar-refractivity contribution in [3.05, 3.63) is 69.4 Å². The van der Waals surface area contributed by atoms with Crippen LogP contribution in [0.3, 0.4) is 0 Å². The van der Waals surface area contributed by atoms with E-state index in [9.17, 15) is 14.0 Å². The number of rotatable bonds is 5. The minimum atomic E-state index is -0.411. The Morgan fingerprint density at radius 1 is 1.23 bits per heavy atom. The van der Waals surface area contributed by atoms with E-state index in [4.69, 9.17) is 11.6 Å². The summed E-state index contributed by atoms with van der Waals surface area (Å²) in [5.41, 5.74) is 1.19. The number of piperidine rings is 1. The van der Waals surface area contributed by atoms with Gasteiger partial charge in [0.25, 0.3) is 5.91 Å². The van der Waals surface area contributed by atoms with Gasteiger partial charge in [0.15, 0.2) is 0 Å². The van der Waals surface area contributed by atoms with Gasteiger partial charge in [-0.1, -0.05) is 17.7 Å². The molecular weight excluding hydrogens is 407 g/mol. The van der Waals surface area contributed by atoms with Gasteiger partial charge in [0, 0.05) is 42.3 Å². The second kappa shape index (κ2) is 8.62. The molecule has 2 heterocycles. The van der Waals surface area contributed by atoms with Crippen LogP contribution in [0.1, 0.15) is 36.2 Å². The Morgan fingerprint density at radius 3 is 2.63 bits per heavy atom. The SMILES string of the molecule is CC(CN1CCC(n2c(=O)[nH]c3c(F)cccc32)CC1)NC(=O)c1ccc(Cl)cc1. The van der Waals surface area contributed by atoms with Crippen LogP contribution in [0.4, 0.5) is 4.39 Å². The maximum atomic E-state index is 14.0. The molecule has 1 unspecified atom stereocenters. The molecule has 1 saturated heterocycles. The van der Waals surface area contributed by atoms with E-state index in [2.05, 4.69) is 15.2 Å². The average molecular weight is 431 g/mol. The molecule has 0 saturated carbocycles. The first-order chi connectivity index (χ1) is 14.4. The number of para-hydroxylation sites is 1. The molecule has 158 valence electrons. The lowest BCUT2D eigenvalue weighted by Gasteiger charge is -2.34. The minimum Gasteiger partial charge on any atom is -0.348 e. The summed E-state index contributed by atoms with van der Waals surface area (Å²) in [5, 5.41) is 3.61. The van der Waals surface area contributed by atoms with Gasteiger partial charge in [-0.05, 0) is 56.2 Å². The smallest absolute Gasteiger partial charge is 0.326 e. The minimum absolute atomic E-state index is 0.0189. The van der Waals surface area contributed by atoms with Crippen molar-refractivity contribution >= 4 is 28.5 Å². The van der Waals surface area contributed by atoms with Crippen LogP contribution < -0.4 is 11.0 Å². The van der Waals surface area contributed by atoms with Crippen molar-refractivity contribution in [3.8, 4) is 0 Å². The summed E-state index contributed by atoms with van der Waals surface area (Å²) < 4.78 is 15.6. The average Bonchev–Trinajstić information content (AvgIpc) is 3.06. The highest BCUT2D eigenvalue weighted by Gasteiger charge is 2.25. The van der Waals surface area contributed by atoms with Crippen molar-refractivity contribution in [2.24, 2.45) is 0 Å². The topological polar surface area (TPSA) is 70.1 Å². The predicted molar refractivity (Wildman–Crippen MR) is 116 cm³/mol. The molecule has 1 aliphatic rings. The Morgan fingerprint density at radius 2 is 1.93 bits per heavy atom. The summed E-state index contributed by atoms with van der Waals surface area (Å²) in [6.07, 6.45) is 1.59. The maximum Gasteiger partial charge on any atom is 0.326 e. The number of carbonyl (C=O) groups is 1. The lowest BCUT2D eigenvalue weighted by molar-refractivity contribution is 0.0921. The molecule has 0 bridgehead atoms. The van der Waals surface area contributed by atoms with Crippen LogP contribution in [0.15, 0.2) is 47.3 Å². The molecule has 2 aromatic carbocycles. The molecule has 30 heavy (non-hydrogen) atoms. The fourth-order valence-electron chi connectivity index (χ4n) is 4.18. The van der Waals surface area contributed by atoms with Crippen molar-refractivity contribution in [2.75, 3.05) is 19.6 Å². The third-order valence-electron chi connectivity index (χ3n) is 5.64. The van der Waals surface area contributed by atoms with Gasteiger partial charge in [0.1, 0.15) is 11.3 Å². The van der Waals surface area contributed by atoms with E-state index in [1.165, 1.54) is 6.07 Å². The zero-order chi connectivity index (χ0) is 21.3. The van der Waals surface area contributed by atoms with Gasteiger partial charge in [-0.2, -0.15) is 0 Å². The molecular formula is C22H24ClFN4O2. The van der Waals surface area contributed by atoms with Crippen LogP contribution in [0, 0.1) is 5.82 Å². The van der Waals surface area contributed by atoms with Crippen molar-refractivity contribution in [1.29, 1.82) is 0 Å². The van der Waals surface area contributed by atoms with Crippen molar-refractivity contribution in [2.45, 2.75) is 31.8 Å². The van der Waals surface area contributed by atoms with E-state index in [1.807, 2.05) is 6.92 Å². The normalized spacial score (nSPS) is 16.6. The van der Waals surface area contributed by atoms with Crippen LogP contribution in [-0.4, -0.2) is 46.0 Å². The van der Waals surface area contributed by atoms with Crippen molar-refractivity contribution in [1.82, 2.24) is 19.8 Å². The summed E-state index contributed by atoms with van der Waals surface area (Å²) >= 11 is 5.87. The molecule has 0 radical (unpaired) electrons. The largest absolute Gasteiger partial charge is 0.348 e. The number of hydrogen-bond donors (Lipinski definition) is 2. The molecule has 8 heteroatoms. The fourth-order valence-corrected chi connectivity index (χ4v) is 4.30. The van der Waals surface area contributed by atoms with Gasteiger partial charge in [-0.25, -0.2) is 9.18 Å². The van der Waals surface area contributed by atoms with E-state index >= 15 is 0 Å². The van der Waals surface area contributed by atoms with Crippen molar-refractivity contribution in [3.63, 3.8) is 0 Å². The third kappa shape index (κ3) is 4.27. The number of H-pyrrole nitrogens is 1. The van der Waals surface area contributed by atoms with E-state index in [0.717, 1.165) is 32.5 Å². The standard InChI is InChI=1S/C22H24ClFN4O2/c1-14(25-21(29)15-5-7-16(23)8-6-15)13-27-11-9-17(10-12-27)28-19-4-2-3-18(24)20(19)26-22(28)30/h2-8,14,17H,9-13H2,1H3,(H,25,29)(H,26,30). The molecule has 2 N–H and O–H groups in total. The Balaban J connectivity index is 1.34. The Kier molecular flexibility index (Phi) is 5.92. The van der Waals surface area contributed by atoms with E-state index in [1.54, 1.807) is 41.0 Å². The molecule has 1 amide bonds. The van der Waals surface area contributed by atoms with E-state index in [-0.39, 0.29) is 29.2 Å². The van der Waals surface area contributed by atoms with Gasteiger partial charge < -0.3 is 15.2 Å². The Hall–Kier alpha value is -2.64. The van der Waals surface area contributed by atoms with Crippen LogP contribution in [-0.2, 0) is 0 Å². The van der Waals surface area contributed by atoms with Gasteiger partial charge in [0.05, 0.1) is 5.52 Å². The number of likely N-dealkylation sites (tertiary alicyclic amines) is 1. The molecule has 1 aliphatic heterocycles. The number of nitrogens with zero attached hydrogens (tertiary/aromatic N) is 2. The van der Waals surface area contributed by atoms with E-state index < -0.39 is 5.82 Å². The number of fused-ring (bicyclic) bond motifs is 1. The molecule has 1 aromatic heterocycles. The van der Waals surface area contributed by atoms with Crippen molar-refractivity contribution < 1.29 is 9.18 Å². The van der Waals surface area contributed by atoms with Gasteiger partial charge >= 0.3 is 5.69 Å². The number of halogens is 2. The van der Waals surface area contributed by atoms with Gasteiger partial charge in [0.2, 0.25) is 0 Å². The molecule has 4 rings (SSSR count). The lowest BCUT2D eigenvalue weighted by atomic mass is 10.0. The highest BCUT2D eigenvalue weighted by atomic mass is 35.5. The predicted octanol–water partition coefficient (Wildman–Crippen LogP) is 3.58. The van der Waals surface area contributed by atoms with Crippen LogP contribution in [0.5, 0.6) is 0 Å². The molecule has 0 spiro atoms. The quantitative estimate of drug-likeness (QED) is 0.650. The third-order valence-corrected chi connectivity index (χ3v) is 5.89. The molecule has 6 nitrogen and oxygen atoms in total. The first-order valence-electron chi connectivity index (χ1n) is 10.1. The number of benzene rings is 2. The maximum absolute atomic E-state index is 14.0. The molecule has 1 atom stereocenters. The number of nitrogens with one attached hydrogen (secondary N) is 2. The fraction of sp³-hybridized carbons (Fsp3) is 0.364. The second-order valence-corrected chi connectivity index (χ2v) is 8.28. The summed E-state index contributed by atoms with van der Waals surface area (Å²) in [7, 11) is 0. The lowest BCUT2D eigenvalue weighted by Crippen LogP contribution is -2.45. The number of imidazole rings is 1. The Labute approximate surface area is 178 Å². The number of aromatic nitrogens is 2. The number of aromatic amines is 1. The number of amides is 1. The second-order valence-electron chi connectivity index (χ2n) is 7.85. The van der Waals surface area contributed by atoms with Crippen LogP contribution in [0.2, 0.25) is 5.02 Å². The Bertz CT molecular complexity index is 1100. The van der Waals surface area contributed by atoms with E-state index in [0.29, 0.717) is 16.1 Å². The van der Waals surface area contributed by atoms with Crippen LogP contribution >= 0.6 is 11.6 Å². The summed E-state index contributed by atoms with van der Waals surface area (Å²) in [4.78, 5) is 29.7. The zero-order valence-electron chi connectivity index (χ0n) is 16.7. The number of hydrogen-bond acceptors (Lipinski definition) is 3. The summed E-state index contributed by atoms with van der Waals surface area (Å²) in [5.74, 6) is -0.535. The summed E-state index contributed by atoms with van der Waals surface area (Å²) in [6.45, 7) is 4.32. The molecule has 3 aromatic rings. The number of carbonyl (C=O) groups excluding carboxylic acids is 1. The van der Waals surface area contributed by atoms with Gasteiger partial charge in [-0.3, -0.25) is 9.36 Å². The monoisotopic (exact) mass is 430 g/mol. The molecule has 1 fully saturated rings. The highest BCUT2D eigenvalue weighted by Crippen LogP contribution is 2.25.